The highest BCUT2D eigenvalue weighted by Gasteiger charge is 2.17. The summed E-state index contributed by atoms with van der Waals surface area (Å²) in [6, 6.07) is 8.35. The summed E-state index contributed by atoms with van der Waals surface area (Å²) in [6.07, 6.45) is 3.15. The van der Waals surface area contributed by atoms with Gasteiger partial charge in [-0.1, -0.05) is 12.1 Å². The zero-order valence-corrected chi connectivity index (χ0v) is 17.6. The first-order valence-corrected chi connectivity index (χ1v) is 9.76. The Kier molecular flexibility index (Phi) is 6.64. The molecule has 3 aromatic rings. The number of halogens is 1. The highest BCUT2D eigenvalue weighted by atomic mass is 19.1. The molecule has 3 rings (SSSR count). The van der Waals surface area contributed by atoms with Crippen LogP contribution in [-0.4, -0.2) is 26.2 Å². The van der Waals surface area contributed by atoms with E-state index in [1.165, 1.54) is 35.0 Å². The number of nitrogens with zero attached hydrogens (tertiary/aromatic N) is 3. The summed E-state index contributed by atoms with van der Waals surface area (Å²) in [5.74, 6) is -1.29. The summed E-state index contributed by atoms with van der Waals surface area (Å²) in [5, 5.41) is 9.64. The highest BCUT2D eigenvalue weighted by Crippen LogP contribution is 2.15. The molecule has 0 saturated heterocycles. The molecule has 2 heterocycles. The molecule has 0 unspecified atom stereocenters. The predicted molar refractivity (Wildman–Crippen MR) is 113 cm³/mol. The van der Waals surface area contributed by atoms with Crippen molar-refractivity contribution in [1.29, 1.82) is 0 Å². The van der Waals surface area contributed by atoms with Crippen LogP contribution in [0.5, 0.6) is 0 Å². The van der Waals surface area contributed by atoms with Crippen molar-refractivity contribution in [2.75, 3.05) is 0 Å². The fourth-order valence-electron chi connectivity index (χ4n) is 3.17. The summed E-state index contributed by atoms with van der Waals surface area (Å²) >= 11 is 0. The van der Waals surface area contributed by atoms with Gasteiger partial charge in [0, 0.05) is 31.0 Å². The van der Waals surface area contributed by atoms with Gasteiger partial charge in [-0.3, -0.25) is 19.1 Å². The molecule has 0 aliphatic heterocycles. The van der Waals surface area contributed by atoms with Gasteiger partial charge in [-0.2, -0.15) is 5.10 Å². The van der Waals surface area contributed by atoms with E-state index in [-0.39, 0.29) is 36.4 Å². The number of carbonyl (C=O) groups excluding carboxylic acids is 2. The second-order valence-corrected chi connectivity index (χ2v) is 7.26. The number of nitrogens with one attached hydrogen (secondary N) is 2. The molecule has 0 fully saturated rings. The zero-order chi connectivity index (χ0) is 22.5. The number of aryl methyl sites for hydroxylation is 1. The molecule has 2 aromatic heterocycles. The van der Waals surface area contributed by atoms with Gasteiger partial charge in [-0.25, -0.2) is 4.39 Å². The third kappa shape index (κ3) is 5.25. The highest BCUT2D eigenvalue weighted by molar-refractivity contribution is 5.93. The molecule has 0 saturated carbocycles. The van der Waals surface area contributed by atoms with Crippen molar-refractivity contribution in [2.45, 2.75) is 33.0 Å². The molecule has 162 valence electrons. The molecule has 0 spiro atoms. The lowest BCUT2D eigenvalue weighted by Gasteiger charge is -2.15. The molecule has 8 nitrogen and oxygen atoms in total. The topological polar surface area (TPSA) is 98.0 Å². The fraction of sp³-hybridized carbons (Fsp3) is 0.273. The molecule has 0 aliphatic carbocycles. The lowest BCUT2D eigenvalue weighted by molar-refractivity contribution is -0.122. The fourth-order valence-corrected chi connectivity index (χ4v) is 3.17. The van der Waals surface area contributed by atoms with Gasteiger partial charge in [-0.15, -0.1) is 0 Å². The smallest absolute Gasteiger partial charge is 0.263 e. The average molecular weight is 425 g/mol. The molecule has 0 bridgehead atoms. The van der Waals surface area contributed by atoms with E-state index >= 15 is 0 Å². The summed E-state index contributed by atoms with van der Waals surface area (Å²) in [5.41, 5.74) is 1.88. The lowest BCUT2D eigenvalue weighted by atomic mass is 10.1. The Bertz CT molecular complexity index is 1150. The van der Waals surface area contributed by atoms with Crippen molar-refractivity contribution in [3.63, 3.8) is 0 Å². The van der Waals surface area contributed by atoms with Crippen LogP contribution in [0.15, 0.2) is 53.6 Å². The Labute approximate surface area is 178 Å². The Morgan fingerprint density at radius 3 is 2.55 bits per heavy atom. The SMILES string of the molecule is Cc1c([C@H](C)NC(=O)Cn2cccc(C(=O)NCc3ccc(F)cc3)c2=O)cnn1C. The van der Waals surface area contributed by atoms with Gasteiger partial charge in [0.15, 0.2) is 0 Å². The van der Waals surface area contributed by atoms with Gasteiger partial charge in [-0.05, 0) is 43.7 Å². The number of benzene rings is 1. The Hall–Kier alpha value is -3.75. The van der Waals surface area contributed by atoms with Crippen molar-refractivity contribution in [1.82, 2.24) is 25.0 Å². The third-order valence-electron chi connectivity index (χ3n) is 5.06. The van der Waals surface area contributed by atoms with Crippen LogP contribution in [0.3, 0.4) is 0 Å². The van der Waals surface area contributed by atoms with Crippen LogP contribution < -0.4 is 16.2 Å². The van der Waals surface area contributed by atoms with Gasteiger partial charge in [0.2, 0.25) is 5.91 Å². The van der Waals surface area contributed by atoms with Crippen LogP contribution in [0.2, 0.25) is 0 Å². The third-order valence-corrected chi connectivity index (χ3v) is 5.06. The number of amides is 2. The molecule has 1 aromatic carbocycles. The molecule has 31 heavy (non-hydrogen) atoms. The van der Waals surface area contributed by atoms with E-state index in [0.29, 0.717) is 5.56 Å². The quantitative estimate of drug-likeness (QED) is 0.604. The summed E-state index contributed by atoms with van der Waals surface area (Å²) in [4.78, 5) is 37.6. The lowest BCUT2D eigenvalue weighted by Crippen LogP contribution is -2.37. The first-order valence-electron chi connectivity index (χ1n) is 9.76. The van der Waals surface area contributed by atoms with Gasteiger partial charge in [0.25, 0.3) is 11.5 Å². The van der Waals surface area contributed by atoms with Crippen molar-refractivity contribution >= 4 is 11.8 Å². The summed E-state index contributed by atoms with van der Waals surface area (Å²) in [7, 11) is 1.82. The van der Waals surface area contributed by atoms with E-state index in [2.05, 4.69) is 15.7 Å². The van der Waals surface area contributed by atoms with Crippen molar-refractivity contribution in [3.8, 4) is 0 Å². The van der Waals surface area contributed by atoms with Crippen LogP contribution in [-0.2, 0) is 24.9 Å². The van der Waals surface area contributed by atoms with Crippen LogP contribution in [0.25, 0.3) is 0 Å². The maximum absolute atomic E-state index is 13.0. The number of aromatic nitrogens is 3. The van der Waals surface area contributed by atoms with E-state index in [9.17, 15) is 18.8 Å². The van der Waals surface area contributed by atoms with Crippen LogP contribution in [0, 0.1) is 12.7 Å². The van der Waals surface area contributed by atoms with E-state index < -0.39 is 11.5 Å². The van der Waals surface area contributed by atoms with E-state index in [0.717, 1.165) is 11.3 Å². The first kappa shape index (κ1) is 21.9. The molecular formula is C22H24FN5O3. The van der Waals surface area contributed by atoms with Crippen LogP contribution >= 0.6 is 0 Å². The van der Waals surface area contributed by atoms with Gasteiger partial charge < -0.3 is 15.2 Å². The normalized spacial score (nSPS) is 11.7. The maximum Gasteiger partial charge on any atom is 0.263 e. The van der Waals surface area contributed by atoms with Gasteiger partial charge in [0.1, 0.15) is 17.9 Å². The first-order chi connectivity index (χ1) is 14.8. The minimum absolute atomic E-state index is 0.0754. The van der Waals surface area contributed by atoms with Gasteiger partial charge >= 0.3 is 0 Å². The molecule has 9 heteroatoms. The van der Waals surface area contributed by atoms with E-state index in [4.69, 9.17) is 0 Å². The largest absolute Gasteiger partial charge is 0.348 e. The minimum Gasteiger partial charge on any atom is -0.348 e. The number of carbonyl (C=O) groups is 2. The second-order valence-electron chi connectivity index (χ2n) is 7.26. The number of hydrogen-bond acceptors (Lipinski definition) is 4. The molecular weight excluding hydrogens is 401 g/mol. The maximum atomic E-state index is 13.0. The van der Waals surface area contributed by atoms with Crippen molar-refractivity contribution < 1.29 is 14.0 Å². The Morgan fingerprint density at radius 1 is 1.19 bits per heavy atom. The summed E-state index contributed by atoms with van der Waals surface area (Å²) in [6.45, 7) is 3.67. The van der Waals surface area contributed by atoms with Crippen LogP contribution in [0.1, 0.15) is 40.1 Å². The number of hydrogen-bond donors (Lipinski definition) is 2. The van der Waals surface area contributed by atoms with Crippen molar-refractivity contribution in [3.05, 3.63) is 87.3 Å². The standard InChI is InChI=1S/C22H24FN5O3/c1-14(19-12-25-27(3)15(19)2)26-20(29)13-28-10-4-5-18(22(28)31)21(30)24-11-16-6-8-17(23)9-7-16/h4-10,12,14H,11,13H2,1-3H3,(H,24,30)(H,26,29)/t14-/m0/s1. The van der Waals surface area contributed by atoms with Gasteiger partial charge in [0.05, 0.1) is 12.2 Å². The van der Waals surface area contributed by atoms with E-state index in [1.807, 2.05) is 20.9 Å². The minimum atomic E-state index is -0.570. The number of pyridine rings is 1. The van der Waals surface area contributed by atoms with E-state index in [1.54, 1.807) is 23.0 Å². The number of rotatable bonds is 7. The van der Waals surface area contributed by atoms with Crippen molar-refractivity contribution in [2.24, 2.45) is 7.05 Å². The zero-order valence-electron chi connectivity index (χ0n) is 17.6. The molecule has 2 N–H and O–H groups in total. The monoisotopic (exact) mass is 425 g/mol. The Balaban J connectivity index is 1.65. The Morgan fingerprint density at radius 2 is 1.90 bits per heavy atom. The predicted octanol–water partition coefficient (Wildman–Crippen LogP) is 1.84. The second kappa shape index (κ2) is 9.38. The molecule has 2 amide bonds. The molecule has 0 radical (unpaired) electrons. The summed E-state index contributed by atoms with van der Waals surface area (Å²) < 4.78 is 15.9. The average Bonchev–Trinajstić information content (AvgIpc) is 3.07. The molecule has 0 aliphatic rings. The van der Waals surface area contributed by atoms with Crippen LogP contribution in [0.4, 0.5) is 4.39 Å². The molecule has 1 atom stereocenters.